The van der Waals surface area contributed by atoms with Gasteiger partial charge in [0, 0.05) is 37.7 Å². The summed E-state index contributed by atoms with van der Waals surface area (Å²) in [6.45, 7) is 3.09. The van der Waals surface area contributed by atoms with Crippen LogP contribution in [0.25, 0.3) is 11.1 Å². The van der Waals surface area contributed by atoms with Crippen LogP contribution < -0.4 is 15.4 Å². The zero-order valence-corrected chi connectivity index (χ0v) is 13.5. The number of hydrogen-bond donors (Lipinski definition) is 3. The smallest absolute Gasteiger partial charge is 0.123 e. The summed E-state index contributed by atoms with van der Waals surface area (Å²) in [7, 11) is 1.70. The van der Waals surface area contributed by atoms with Crippen molar-refractivity contribution >= 4 is 0 Å². The molecule has 3 rings (SSSR count). The van der Waals surface area contributed by atoms with Crippen molar-refractivity contribution in [2.75, 3.05) is 26.7 Å². The van der Waals surface area contributed by atoms with Crippen molar-refractivity contribution in [2.45, 2.75) is 12.6 Å². The second kappa shape index (κ2) is 7.59. The van der Waals surface area contributed by atoms with Crippen molar-refractivity contribution in [1.82, 2.24) is 10.6 Å². The molecule has 1 saturated heterocycles. The zero-order chi connectivity index (χ0) is 16.1. The van der Waals surface area contributed by atoms with Gasteiger partial charge in [0.15, 0.2) is 0 Å². The average Bonchev–Trinajstić information content (AvgIpc) is 3.01. The van der Waals surface area contributed by atoms with Crippen LogP contribution in [0.2, 0.25) is 0 Å². The highest BCUT2D eigenvalue weighted by molar-refractivity contribution is 5.65. The Hall–Kier alpha value is -1.88. The van der Waals surface area contributed by atoms with Crippen LogP contribution in [-0.2, 0) is 6.54 Å². The predicted octanol–water partition coefficient (Wildman–Crippen LogP) is 2.03. The third-order valence-corrected chi connectivity index (χ3v) is 4.41. The Morgan fingerprint density at radius 1 is 1.13 bits per heavy atom. The molecule has 0 aliphatic carbocycles. The number of aliphatic hydroxyl groups is 1. The Morgan fingerprint density at radius 2 is 1.96 bits per heavy atom. The summed E-state index contributed by atoms with van der Waals surface area (Å²) < 4.78 is 5.48. The van der Waals surface area contributed by atoms with Gasteiger partial charge in [-0.05, 0) is 23.3 Å². The standard InChI is InChI=1S/C19H24N2O2/c1-23-19-8-7-15(14-5-3-2-4-6-14)9-16(19)10-20-11-17-12-21-13-18(17)22/h2-9,17-18,20-22H,10-13H2,1H3. The molecule has 1 aliphatic heterocycles. The number of hydrogen-bond acceptors (Lipinski definition) is 4. The first-order valence-corrected chi connectivity index (χ1v) is 8.10. The second-order valence-corrected chi connectivity index (χ2v) is 6.01. The Labute approximate surface area is 137 Å². The second-order valence-electron chi connectivity index (χ2n) is 6.01. The van der Waals surface area contributed by atoms with Gasteiger partial charge in [-0.3, -0.25) is 0 Å². The van der Waals surface area contributed by atoms with Crippen molar-refractivity contribution in [3.8, 4) is 16.9 Å². The van der Waals surface area contributed by atoms with Crippen molar-refractivity contribution in [2.24, 2.45) is 5.92 Å². The van der Waals surface area contributed by atoms with E-state index in [1.807, 2.05) is 24.3 Å². The van der Waals surface area contributed by atoms with Gasteiger partial charge in [0.1, 0.15) is 5.75 Å². The SMILES string of the molecule is COc1ccc(-c2ccccc2)cc1CNCC1CNCC1O. The maximum Gasteiger partial charge on any atom is 0.123 e. The van der Waals surface area contributed by atoms with Crippen LogP contribution in [0.15, 0.2) is 48.5 Å². The third kappa shape index (κ3) is 3.91. The van der Waals surface area contributed by atoms with E-state index >= 15 is 0 Å². The number of ether oxygens (including phenoxy) is 1. The number of methoxy groups -OCH3 is 1. The fourth-order valence-corrected chi connectivity index (χ4v) is 3.05. The van der Waals surface area contributed by atoms with Crippen molar-refractivity contribution in [3.63, 3.8) is 0 Å². The molecule has 0 saturated carbocycles. The summed E-state index contributed by atoms with van der Waals surface area (Å²) in [5.41, 5.74) is 3.52. The molecule has 23 heavy (non-hydrogen) atoms. The summed E-state index contributed by atoms with van der Waals surface area (Å²) in [6, 6.07) is 16.6. The van der Waals surface area contributed by atoms with E-state index in [0.29, 0.717) is 6.54 Å². The van der Waals surface area contributed by atoms with E-state index in [1.165, 1.54) is 11.1 Å². The molecule has 0 radical (unpaired) electrons. The number of aliphatic hydroxyl groups excluding tert-OH is 1. The molecule has 4 heteroatoms. The number of rotatable bonds is 6. The molecule has 2 aromatic rings. The molecule has 0 aromatic heterocycles. The maximum atomic E-state index is 9.85. The maximum absolute atomic E-state index is 9.85. The Balaban J connectivity index is 1.69. The lowest BCUT2D eigenvalue weighted by Gasteiger charge is -2.16. The van der Waals surface area contributed by atoms with E-state index in [9.17, 15) is 5.11 Å². The van der Waals surface area contributed by atoms with Gasteiger partial charge in [-0.1, -0.05) is 36.4 Å². The molecule has 2 aromatic carbocycles. The zero-order valence-electron chi connectivity index (χ0n) is 13.5. The minimum Gasteiger partial charge on any atom is -0.496 e. The first-order chi connectivity index (χ1) is 11.3. The van der Waals surface area contributed by atoms with Crippen LogP contribution >= 0.6 is 0 Å². The van der Waals surface area contributed by atoms with Crippen molar-refractivity contribution in [1.29, 1.82) is 0 Å². The summed E-state index contributed by atoms with van der Waals surface area (Å²) in [6.07, 6.45) is -0.250. The van der Waals surface area contributed by atoms with Gasteiger partial charge in [0.25, 0.3) is 0 Å². The average molecular weight is 312 g/mol. The lowest BCUT2D eigenvalue weighted by atomic mass is 10.0. The van der Waals surface area contributed by atoms with Gasteiger partial charge >= 0.3 is 0 Å². The lowest BCUT2D eigenvalue weighted by Crippen LogP contribution is -2.30. The molecule has 3 N–H and O–H groups in total. The highest BCUT2D eigenvalue weighted by atomic mass is 16.5. The molecule has 0 bridgehead atoms. The monoisotopic (exact) mass is 312 g/mol. The minimum atomic E-state index is -0.250. The first-order valence-electron chi connectivity index (χ1n) is 8.10. The molecule has 2 unspecified atom stereocenters. The van der Waals surface area contributed by atoms with Gasteiger partial charge in [-0.2, -0.15) is 0 Å². The highest BCUT2D eigenvalue weighted by Gasteiger charge is 2.24. The Morgan fingerprint density at radius 3 is 2.65 bits per heavy atom. The largest absolute Gasteiger partial charge is 0.496 e. The Bertz CT molecular complexity index is 631. The number of nitrogens with one attached hydrogen (secondary N) is 2. The fraction of sp³-hybridized carbons (Fsp3) is 0.368. The summed E-state index contributed by atoms with van der Waals surface area (Å²) in [4.78, 5) is 0. The first kappa shape index (κ1) is 16.0. The molecule has 0 amide bonds. The van der Waals surface area contributed by atoms with Crippen molar-refractivity contribution in [3.05, 3.63) is 54.1 Å². The topological polar surface area (TPSA) is 53.5 Å². The molecule has 122 valence electrons. The number of benzene rings is 2. The number of β-amino-alcohol motifs (C(OH)–C–C–N with tert-alkyl or cyclic N) is 1. The van der Waals surface area contributed by atoms with Crippen molar-refractivity contribution < 1.29 is 9.84 Å². The van der Waals surface area contributed by atoms with Gasteiger partial charge in [0.2, 0.25) is 0 Å². The third-order valence-electron chi connectivity index (χ3n) is 4.41. The van der Waals surface area contributed by atoms with Gasteiger partial charge in [-0.25, -0.2) is 0 Å². The molecule has 1 fully saturated rings. The van der Waals surface area contributed by atoms with Gasteiger partial charge < -0.3 is 20.5 Å². The molecule has 1 heterocycles. The van der Waals surface area contributed by atoms with E-state index in [2.05, 4.69) is 34.9 Å². The van der Waals surface area contributed by atoms with Crippen LogP contribution in [0.4, 0.5) is 0 Å². The molecular weight excluding hydrogens is 288 g/mol. The predicted molar refractivity (Wildman–Crippen MR) is 92.5 cm³/mol. The normalized spacial score (nSPS) is 20.6. The van der Waals surface area contributed by atoms with Crippen LogP contribution in [0.3, 0.4) is 0 Å². The summed E-state index contributed by atoms with van der Waals surface area (Å²) >= 11 is 0. The van der Waals surface area contributed by atoms with E-state index in [0.717, 1.165) is 30.9 Å². The quantitative estimate of drug-likeness (QED) is 0.764. The lowest BCUT2D eigenvalue weighted by molar-refractivity contribution is 0.146. The molecule has 0 spiro atoms. The van der Waals surface area contributed by atoms with E-state index in [4.69, 9.17) is 4.74 Å². The van der Waals surface area contributed by atoms with E-state index in [1.54, 1.807) is 7.11 Å². The van der Waals surface area contributed by atoms with Crippen LogP contribution in [0.1, 0.15) is 5.56 Å². The van der Waals surface area contributed by atoms with Crippen LogP contribution in [0, 0.1) is 5.92 Å². The summed E-state index contributed by atoms with van der Waals surface area (Å²) in [5.74, 6) is 1.17. The van der Waals surface area contributed by atoms with Gasteiger partial charge in [0.05, 0.1) is 13.2 Å². The van der Waals surface area contributed by atoms with Gasteiger partial charge in [-0.15, -0.1) is 0 Å². The molecule has 4 nitrogen and oxygen atoms in total. The van der Waals surface area contributed by atoms with E-state index in [-0.39, 0.29) is 12.0 Å². The Kier molecular flexibility index (Phi) is 5.28. The molecule has 2 atom stereocenters. The molecule has 1 aliphatic rings. The minimum absolute atomic E-state index is 0.250. The fourth-order valence-electron chi connectivity index (χ4n) is 3.05. The molecular formula is C19H24N2O2. The summed E-state index contributed by atoms with van der Waals surface area (Å²) in [5, 5.41) is 16.5. The van der Waals surface area contributed by atoms with E-state index < -0.39 is 0 Å². The van der Waals surface area contributed by atoms with Crippen LogP contribution in [0.5, 0.6) is 5.75 Å². The highest BCUT2D eigenvalue weighted by Crippen LogP contribution is 2.26. The van der Waals surface area contributed by atoms with Crippen LogP contribution in [-0.4, -0.2) is 38.0 Å².